The number of ether oxygens (including phenoxy) is 1. The summed E-state index contributed by atoms with van der Waals surface area (Å²) in [4.78, 5) is 1.93. The van der Waals surface area contributed by atoms with E-state index in [4.69, 9.17) is 27.9 Å². The minimum absolute atomic E-state index is 0.406. The van der Waals surface area contributed by atoms with Gasteiger partial charge in [-0.15, -0.1) is 0 Å². The Balaban J connectivity index is 1.82. The van der Waals surface area contributed by atoms with Crippen LogP contribution in [0, 0.1) is 0 Å². The topological polar surface area (TPSA) is 52.9 Å². The number of rotatable bonds is 4. The summed E-state index contributed by atoms with van der Waals surface area (Å²) in [6.45, 7) is 1.93. The van der Waals surface area contributed by atoms with Crippen LogP contribution in [0.5, 0.6) is 5.75 Å². The maximum Gasteiger partial charge on any atom is 0.156 e. The van der Waals surface area contributed by atoms with Gasteiger partial charge in [0.2, 0.25) is 0 Å². The number of nitrogens with zero attached hydrogens (tertiary/aromatic N) is 1. The maximum absolute atomic E-state index is 9.40. The van der Waals surface area contributed by atoms with Gasteiger partial charge in [-0.25, -0.2) is 0 Å². The van der Waals surface area contributed by atoms with Crippen LogP contribution in [0.1, 0.15) is 0 Å². The fourth-order valence-corrected chi connectivity index (χ4v) is 2.43. The third-order valence-electron chi connectivity index (χ3n) is 2.91. The molecule has 1 fully saturated rings. The van der Waals surface area contributed by atoms with E-state index in [1.54, 1.807) is 18.2 Å². The lowest BCUT2D eigenvalue weighted by molar-refractivity contribution is 0.0572. The van der Waals surface area contributed by atoms with Crippen molar-refractivity contribution in [3.8, 4) is 5.75 Å². The highest BCUT2D eigenvalue weighted by Crippen LogP contribution is 2.32. The van der Waals surface area contributed by atoms with Gasteiger partial charge in [0.05, 0.1) is 22.3 Å². The highest BCUT2D eigenvalue weighted by molar-refractivity contribution is 6.37. The van der Waals surface area contributed by atoms with Gasteiger partial charge in [0.25, 0.3) is 0 Å². The van der Waals surface area contributed by atoms with Crippen molar-refractivity contribution in [1.29, 1.82) is 0 Å². The molecule has 0 spiro atoms. The smallest absolute Gasteiger partial charge is 0.156 e. The second kappa shape index (κ2) is 6.08. The first-order valence-corrected chi connectivity index (χ1v) is 6.49. The zero-order valence-electron chi connectivity index (χ0n) is 9.72. The van der Waals surface area contributed by atoms with Crippen LogP contribution >= 0.6 is 23.2 Å². The van der Waals surface area contributed by atoms with Crippen LogP contribution in [0.25, 0.3) is 0 Å². The Morgan fingerprint density at radius 3 is 2.28 bits per heavy atom. The molecular weight excluding hydrogens is 277 g/mol. The van der Waals surface area contributed by atoms with E-state index in [9.17, 15) is 10.2 Å². The zero-order valence-corrected chi connectivity index (χ0v) is 11.2. The Hall–Kier alpha value is -0.520. The summed E-state index contributed by atoms with van der Waals surface area (Å²) in [6, 6.07) is 5.18. The first kappa shape index (κ1) is 13.9. The molecule has 2 rings (SSSR count). The van der Waals surface area contributed by atoms with E-state index >= 15 is 0 Å². The summed E-state index contributed by atoms with van der Waals surface area (Å²) in [5.41, 5.74) is 0. The minimum atomic E-state index is -0.672. The van der Waals surface area contributed by atoms with Crippen molar-refractivity contribution in [3.63, 3.8) is 0 Å². The third-order valence-corrected chi connectivity index (χ3v) is 3.50. The molecule has 0 amide bonds. The van der Waals surface area contributed by atoms with E-state index in [1.165, 1.54) is 0 Å². The standard InChI is InChI=1S/C12H15Cl2NO3/c13-8-2-1-3-9(14)12(8)18-5-4-15-6-10(16)11(17)7-15/h1-3,10-11,16-17H,4-7H2. The molecule has 0 aromatic heterocycles. The highest BCUT2D eigenvalue weighted by Gasteiger charge is 2.29. The van der Waals surface area contributed by atoms with E-state index in [1.807, 2.05) is 4.90 Å². The van der Waals surface area contributed by atoms with Crippen LogP contribution in [0.3, 0.4) is 0 Å². The maximum atomic E-state index is 9.40. The van der Waals surface area contributed by atoms with Gasteiger partial charge >= 0.3 is 0 Å². The lowest BCUT2D eigenvalue weighted by Gasteiger charge is -2.16. The Morgan fingerprint density at radius 1 is 1.17 bits per heavy atom. The second-order valence-electron chi connectivity index (χ2n) is 4.29. The first-order chi connectivity index (χ1) is 8.58. The molecule has 0 aliphatic carbocycles. The monoisotopic (exact) mass is 291 g/mol. The van der Waals surface area contributed by atoms with Crippen molar-refractivity contribution in [2.75, 3.05) is 26.2 Å². The van der Waals surface area contributed by atoms with Gasteiger partial charge < -0.3 is 14.9 Å². The molecule has 1 aromatic carbocycles. The molecule has 1 aromatic rings. The largest absolute Gasteiger partial charge is 0.489 e. The molecule has 1 aliphatic rings. The van der Waals surface area contributed by atoms with Crippen LogP contribution in [0.2, 0.25) is 10.0 Å². The lowest BCUT2D eigenvalue weighted by atomic mass is 10.3. The first-order valence-electron chi connectivity index (χ1n) is 5.73. The van der Waals surface area contributed by atoms with Crippen LogP contribution < -0.4 is 4.74 Å². The average Bonchev–Trinajstić information content (AvgIpc) is 2.62. The Bertz CT molecular complexity index is 386. The number of aliphatic hydroxyl groups is 2. The third kappa shape index (κ3) is 3.28. The SMILES string of the molecule is OC1CN(CCOc2c(Cl)cccc2Cl)CC1O. The molecule has 0 bridgehead atoms. The summed E-state index contributed by atoms with van der Waals surface area (Å²) in [5.74, 6) is 0.473. The van der Waals surface area contributed by atoms with Crippen molar-refractivity contribution in [2.45, 2.75) is 12.2 Å². The van der Waals surface area contributed by atoms with E-state index in [0.717, 1.165) is 0 Å². The van der Waals surface area contributed by atoms with Crippen molar-refractivity contribution in [1.82, 2.24) is 4.90 Å². The number of β-amino-alcohol motifs (C(OH)–C–C–N with tert-alkyl or cyclic N) is 2. The fraction of sp³-hybridized carbons (Fsp3) is 0.500. The van der Waals surface area contributed by atoms with Gasteiger partial charge in [0, 0.05) is 19.6 Å². The quantitative estimate of drug-likeness (QED) is 0.881. The summed E-state index contributed by atoms with van der Waals surface area (Å²) >= 11 is 11.9. The molecule has 18 heavy (non-hydrogen) atoms. The lowest BCUT2D eigenvalue weighted by Crippen LogP contribution is -2.27. The molecule has 2 N–H and O–H groups in total. The van der Waals surface area contributed by atoms with Crippen LogP contribution in [0.15, 0.2) is 18.2 Å². The second-order valence-corrected chi connectivity index (χ2v) is 5.11. The molecule has 4 nitrogen and oxygen atoms in total. The Morgan fingerprint density at radius 2 is 1.72 bits per heavy atom. The van der Waals surface area contributed by atoms with E-state index in [0.29, 0.717) is 42.0 Å². The molecule has 6 heteroatoms. The molecule has 1 heterocycles. The number of aliphatic hydroxyl groups excluding tert-OH is 2. The number of hydrogen-bond acceptors (Lipinski definition) is 4. The normalized spacial score (nSPS) is 24.4. The fourth-order valence-electron chi connectivity index (χ4n) is 1.93. The number of para-hydroxylation sites is 1. The molecule has 0 radical (unpaired) electrons. The summed E-state index contributed by atoms with van der Waals surface area (Å²) in [5, 5.41) is 19.7. The van der Waals surface area contributed by atoms with E-state index in [2.05, 4.69) is 0 Å². The van der Waals surface area contributed by atoms with E-state index in [-0.39, 0.29) is 0 Å². The van der Waals surface area contributed by atoms with E-state index < -0.39 is 12.2 Å². The number of hydrogen-bond donors (Lipinski definition) is 2. The molecule has 100 valence electrons. The molecule has 1 aliphatic heterocycles. The van der Waals surface area contributed by atoms with Crippen molar-refractivity contribution >= 4 is 23.2 Å². The zero-order chi connectivity index (χ0) is 13.1. The highest BCUT2D eigenvalue weighted by atomic mass is 35.5. The summed E-state index contributed by atoms with van der Waals surface area (Å²) < 4.78 is 5.53. The number of likely N-dealkylation sites (tertiary alicyclic amines) is 1. The average molecular weight is 292 g/mol. The van der Waals surface area contributed by atoms with Gasteiger partial charge in [0.15, 0.2) is 5.75 Å². The van der Waals surface area contributed by atoms with Gasteiger partial charge in [0.1, 0.15) is 6.61 Å². The van der Waals surface area contributed by atoms with Crippen molar-refractivity contribution in [3.05, 3.63) is 28.2 Å². The van der Waals surface area contributed by atoms with Gasteiger partial charge in [-0.3, -0.25) is 4.90 Å². The van der Waals surface area contributed by atoms with Crippen LogP contribution in [0.4, 0.5) is 0 Å². The predicted octanol–water partition coefficient (Wildman–Crippen LogP) is 1.41. The molecular formula is C12H15Cl2NO3. The summed E-state index contributed by atoms with van der Waals surface area (Å²) in [6.07, 6.45) is -1.34. The number of halogens is 2. The van der Waals surface area contributed by atoms with Crippen LogP contribution in [-0.4, -0.2) is 53.6 Å². The molecule has 2 atom stereocenters. The van der Waals surface area contributed by atoms with Crippen molar-refractivity contribution in [2.24, 2.45) is 0 Å². The van der Waals surface area contributed by atoms with Crippen molar-refractivity contribution < 1.29 is 14.9 Å². The van der Waals surface area contributed by atoms with Gasteiger partial charge in [-0.1, -0.05) is 29.3 Å². The van der Waals surface area contributed by atoms with Gasteiger partial charge in [-0.05, 0) is 12.1 Å². The molecule has 1 saturated heterocycles. The Labute approximate surface area is 116 Å². The number of benzene rings is 1. The van der Waals surface area contributed by atoms with Crippen LogP contribution in [-0.2, 0) is 0 Å². The molecule has 0 saturated carbocycles. The summed E-state index contributed by atoms with van der Waals surface area (Å²) in [7, 11) is 0. The molecule has 2 unspecified atom stereocenters. The van der Waals surface area contributed by atoms with Gasteiger partial charge in [-0.2, -0.15) is 0 Å². The Kier molecular flexibility index (Phi) is 4.70. The minimum Gasteiger partial charge on any atom is -0.489 e. The predicted molar refractivity (Wildman–Crippen MR) is 70.4 cm³/mol.